The molecule has 0 saturated heterocycles. The predicted octanol–water partition coefficient (Wildman–Crippen LogP) is 3.81. The number of hydrogen-bond donors (Lipinski definition) is 2. The van der Waals surface area contributed by atoms with Crippen LogP contribution in [-0.2, 0) is 0 Å². The number of carbonyl (C=O) groups excluding carboxylic acids is 1. The highest BCUT2D eigenvalue weighted by Crippen LogP contribution is 2.31. The molecule has 2 aromatic heterocycles. The molecule has 0 amide bonds. The molecule has 7 nitrogen and oxygen atoms in total. The summed E-state index contributed by atoms with van der Waals surface area (Å²) in [5.74, 6) is 1.92. The van der Waals surface area contributed by atoms with Crippen molar-refractivity contribution in [3.05, 3.63) is 66.5 Å². The van der Waals surface area contributed by atoms with Crippen LogP contribution < -0.4 is 15.4 Å². The number of likely N-dealkylation sites (N-methyl/N-ethyl adjacent to an activating group) is 1. The van der Waals surface area contributed by atoms with Gasteiger partial charge in [-0.15, -0.1) is 0 Å². The summed E-state index contributed by atoms with van der Waals surface area (Å²) in [6.45, 7) is 1.20. The second kappa shape index (κ2) is 9.32. The van der Waals surface area contributed by atoms with E-state index in [-0.39, 0.29) is 0 Å². The molecule has 0 saturated carbocycles. The molecule has 4 rings (SSSR count). The molecule has 156 valence electrons. The first-order valence-corrected chi connectivity index (χ1v) is 10.0. The van der Waals surface area contributed by atoms with Gasteiger partial charge in [-0.05, 0) is 54.6 Å². The van der Waals surface area contributed by atoms with Crippen LogP contribution in [0.1, 0.15) is 10.4 Å². The Morgan fingerprint density at radius 2 is 1.84 bits per heavy atom. The second-order valence-corrected chi connectivity index (χ2v) is 6.94. The molecule has 0 atom stereocenters. The van der Waals surface area contributed by atoms with Crippen LogP contribution in [0.3, 0.4) is 0 Å². The van der Waals surface area contributed by atoms with Crippen LogP contribution in [0.5, 0.6) is 5.75 Å². The average molecular weight is 413 g/mol. The van der Waals surface area contributed by atoms with E-state index in [4.69, 9.17) is 9.72 Å². The number of hydrogen-bond acceptors (Lipinski definition) is 7. The number of pyridine rings is 1. The molecule has 7 heteroatoms. The molecule has 0 fully saturated rings. The van der Waals surface area contributed by atoms with Gasteiger partial charge in [0.2, 0.25) is 0 Å². The van der Waals surface area contributed by atoms with Gasteiger partial charge in [-0.1, -0.05) is 12.1 Å². The lowest BCUT2D eigenvalue weighted by molar-refractivity contribution is 0.111. The zero-order chi connectivity index (χ0) is 21.6. The zero-order valence-electron chi connectivity index (χ0n) is 17.4. The van der Waals surface area contributed by atoms with E-state index in [0.717, 1.165) is 39.7 Å². The van der Waals surface area contributed by atoms with E-state index >= 15 is 0 Å². The normalized spacial score (nSPS) is 10.8. The van der Waals surface area contributed by atoms with Crippen molar-refractivity contribution in [3.63, 3.8) is 0 Å². The SMILES string of the molecule is CNCCOc1ccc(-c2ccc3nc(-c4cccnc4)nc(NC)c3c2)cc1C=O. The number of carbonyl (C=O) groups is 1. The quantitative estimate of drug-likeness (QED) is 0.335. The Morgan fingerprint density at radius 1 is 1.00 bits per heavy atom. The maximum atomic E-state index is 11.6. The largest absolute Gasteiger partial charge is 0.492 e. The Kier molecular flexibility index (Phi) is 6.14. The third-order valence-corrected chi connectivity index (χ3v) is 4.93. The number of nitrogens with one attached hydrogen (secondary N) is 2. The van der Waals surface area contributed by atoms with Gasteiger partial charge in [0.25, 0.3) is 0 Å². The van der Waals surface area contributed by atoms with Crippen molar-refractivity contribution in [2.45, 2.75) is 0 Å². The second-order valence-electron chi connectivity index (χ2n) is 6.94. The van der Waals surface area contributed by atoms with Gasteiger partial charge in [0.05, 0.1) is 11.1 Å². The molecule has 0 bridgehead atoms. The summed E-state index contributed by atoms with van der Waals surface area (Å²) in [7, 11) is 3.69. The minimum atomic E-state index is 0.495. The average Bonchev–Trinajstić information content (AvgIpc) is 2.83. The van der Waals surface area contributed by atoms with E-state index < -0.39 is 0 Å². The number of benzene rings is 2. The highest BCUT2D eigenvalue weighted by atomic mass is 16.5. The van der Waals surface area contributed by atoms with E-state index in [2.05, 4.69) is 20.6 Å². The minimum absolute atomic E-state index is 0.495. The van der Waals surface area contributed by atoms with Crippen LogP contribution in [0.15, 0.2) is 60.9 Å². The minimum Gasteiger partial charge on any atom is -0.492 e. The van der Waals surface area contributed by atoms with Crippen molar-refractivity contribution in [3.8, 4) is 28.3 Å². The molecule has 0 aliphatic heterocycles. The molecule has 0 spiro atoms. The molecular formula is C24H23N5O2. The van der Waals surface area contributed by atoms with E-state index in [1.54, 1.807) is 12.4 Å². The van der Waals surface area contributed by atoms with Crippen LogP contribution in [0.4, 0.5) is 5.82 Å². The van der Waals surface area contributed by atoms with Crippen molar-refractivity contribution in [1.82, 2.24) is 20.3 Å². The number of nitrogens with zero attached hydrogens (tertiary/aromatic N) is 3. The van der Waals surface area contributed by atoms with Crippen molar-refractivity contribution in [2.75, 3.05) is 32.6 Å². The van der Waals surface area contributed by atoms with Gasteiger partial charge < -0.3 is 15.4 Å². The van der Waals surface area contributed by atoms with Gasteiger partial charge in [-0.25, -0.2) is 9.97 Å². The molecule has 2 N–H and O–H groups in total. The highest BCUT2D eigenvalue weighted by molar-refractivity contribution is 5.94. The molecule has 0 aliphatic carbocycles. The van der Waals surface area contributed by atoms with Crippen LogP contribution in [0, 0.1) is 0 Å². The summed E-state index contributed by atoms with van der Waals surface area (Å²) in [6, 6.07) is 15.4. The van der Waals surface area contributed by atoms with Gasteiger partial charge in [-0.3, -0.25) is 9.78 Å². The molecule has 31 heavy (non-hydrogen) atoms. The molecule has 2 heterocycles. The summed E-state index contributed by atoms with van der Waals surface area (Å²) in [5, 5.41) is 7.08. The lowest BCUT2D eigenvalue weighted by Crippen LogP contribution is -2.16. The summed E-state index contributed by atoms with van der Waals surface area (Å²) in [4.78, 5) is 25.1. The van der Waals surface area contributed by atoms with Gasteiger partial charge in [-0.2, -0.15) is 0 Å². The Morgan fingerprint density at radius 3 is 2.58 bits per heavy atom. The van der Waals surface area contributed by atoms with Crippen molar-refractivity contribution in [2.24, 2.45) is 0 Å². The summed E-state index contributed by atoms with van der Waals surface area (Å²) in [6.07, 6.45) is 4.29. The van der Waals surface area contributed by atoms with Crippen LogP contribution in [0.25, 0.3) is 33.4 Å². The fourth-order valence-corrected chi connectivity index (χ4v) is 3.34. The fourth-order valence-electron chi connectivity index (χ4n) is 3.34. The number of rotatable bonds is 8. The lowest BCUT2D eigenvalue weighted by Gasteiger charge is -2.12. The van der Waals surface area contributed by atoms with Gasteiger partial charge in [0.1, 0.15) is 18.2 Å². The Balaban J connectivity index is 1.73. The molecule has 2 aromatic carbocycles. The van der Waals surface area contributed by atoms with Crippen molar-refractivity contribution < 1.29 is 9.53 Å². The first-order valence-electron chi connectivity index (χ1n) is 10.0. The predicted molar refractivity (Wildman–Crippen MR) is 123 cm³/mol. The number of aldehydes is 1. The molecule has 0 unspecified atom stereocenters. The number of fused-ring (bicyclic) bond motifs is 1. The van der Waals surface area contributed by atoms with E-state index in [9.17, 15) is 4.79 Å². The van der Waals surface area contributed by atoms with E-state index in [0.29, 0.717) is 30.3 Å². The summed E-state index contributed by atoms with van der Waals surface area (Å²) >= 11 is 0. The third-order valence-electron chi connectivity index (χ3n) is 4.93. The Hall–Kier alpha value is -3.84. The van der Waals surface area contributed by atoms with Crippen molar-refractivity contribution >= 4 is 23.0 Å². The Bertz CT molecular complexity index is 1210. The monoisotopic (exact) mass is 413 g/mol. The first-order chi connectivity index (χ1) is 15.2. The molecular weight excluding hydrogens is 390 g/mol. The summed E-state index contributed by atoms with van der Waals surface area (Å²) in [5.41, 5.74) is 4.08. The van der Waals surface area contributed by atoms with Crippen LogP contribution in [-0.4, -0.2) is 48.5 Å². The fraction of sp³-hybridized carbons (Fsp3) is 0.167. The lowest BCUT2D eigenvalue weighted by atomic mass is 10.0. The first kappa shape index (κ1) is 20.4. The number of aromatic nitrogens is 3. The number of ether oxygens (including phenoxy) is 1. The third kappa shape index (κ3) is 4.36. The van der Waals surface area contributed by atoms with E-state index in [1.165, 1.54) is 0 Å². The van der Waals surface area contributed by atoms with Gasteiger partial charge >= 0.3 is 0 Å². The molecule has 4 aromatic rings. The summed E-state index contributed by atoms with van der Waals surface area (Å²) < 4.78 is 5.69. The Labute approximate surface area is 180 Å². The topological polar surface area (TPSA) is 89.0 Å². The van der Waals surface area contributed by atoms with Crippen LogP contribution in [0.2, 0.25) is 0 Å². The zero-order valence-corrected chi connectivity index (χ0v) is 17.4. The smallest absolute Gasteiger partial charge is 0.163 e. The van der Waals surface area contributed by atoms with E-state index in [1.807, 2.05) is 62.6 Å². The molecule has 0 radical (unpaired) electrons. The molecule has 0 aliphatic rings. The number of anilines is 1. The maximum Gasteiger partial charge on any atom is 0.163 e. The van der Waals surface area contributed by atoms with Crippen LogP contribution >= 0.6 is 0 Å². The van der Waals surface area contributed by atoms with Gasteiger partial charge in [0.15, 0.2) is 12.1 Å². The standard InChI is InChI=1S/C24H23N5O2/c1-25-10-11-31-22-8-6-16(12-19(22)15-30)17-5-7-21-20(13-17)24(26-2)29-23(28-21)18-4-3-9-27-14-18/h3-9,12-15,25H,10-11H2,1-2H3,(H,26,28,29). The maximum absolute atomic E-state index is 11.6. The highest BCUT2D eigenvalue weighted by Gasteiger charge is 2.12. The van der Waals surface area contributed by atoms with Gasteiger partial charge in [0, 0.05) is 36.9 Å². The van der Waals surface area contributed by atoms with Crippen molar-refractivity contribution in [1.29, 1.82) is 0 Å².